The topological polar surface area (TPSA) is 36.4 Å². The number of pyridine rings is 1. The molecule has 0 saturated carbocycles. The summed E-state index contributed by atoms with van der Waals surface area (Å²) in [7, 11) is 2.01. The highest BCUT2D eigenvalue weighted by molar-refractivity contribution is 6.30. The molecule has 3 nitrogen and oxygen atoms in total. The summed E-state index contributed by atoms with van der Waals surface area (Å²) in [6, 6.07) is 9.99. The molecule has 0 aliphatic rings. The normalized spacial score (nSPS) is 12.2. The summed E-state index contributed by atoms with van der Waals surface area (Å²) in [6.07, 6.45) is 1.71. The molecule has 4 heteroatoms. The van der Waals surface area contributed by atoms with E-state index in [1.807, 2.05) is 38.2 Å². The first-order chi connectivity index (χ1) is 9.52. The van der Waals surface area contributed by atoms with Gasteiger partial charge >= 0.3 is 0 Å². The molecular weight excluding hydrogens is 272 g/mol. The lowest BCUT2D eigenvalue weighted by Gasteiger charge is -2.28. The fourth-order valence-electron chi connectivity index (χ4n) is 2.25. The molecule has 0 spiro atoms. The van der Waals surface area contributed by atoms with Gasteiger partial charge in [-0.3, -0.25) is 0 Å². The van der Waals surface area contributed by atoms with Gasteiger partial charge in [0.1, 0.15) is 5.82 Å². The highest BCUT2D eigenvalue weighted by Gasteiger charge is 2.15. The third-order valence-electron chi connectivity index (χ3n) is 3.54. The van der Waals surface area contributed by atoms with Crippen LogP contribution in [-0.4, -0.2) is 17.1 Å². The smallest absolute Gasteiger partial charge is 0.131 e. The maximum Gasteiger partial charge on any atom is 0.131 e. The monoisotopic (exact) mass is 290 g/mol. The number of hydrogen-bond donors (Lipinski definition) is 1. The minimum Gasteiger partial charge on any atom is -0.392 e. The number of anilines is 1. The summed E-state index contributed by atoms with van der Waals surface area (Å²) >= 11 is 6.05. The van der Waals surface area contributed by atoms with Gasteiger partial charge in [-0.05, 0) is 48.7 Å². The SMILES string of the molecule is Cc1cc(CO)cnc1N(C)C(C)c1cccc(Cl)c1. The Kier molecular flexibility index (Phi) is 4.63. The van der Waals surface area contributed by atoms with Crippen LogP contribution in [0, 0.1) is 6.92 Å². The first kappa shape index (κ1) is 14.8. The van der Waals surface area contributed by atoms with E-state index in [2.05, 4.69) is 22.9 Å². The fourth-order valence-corrected chi connectivity index (χ4v) is 2.45. The molecule has 0 aliphatic heterocycles. The van der Waals surface area contributed by atoms with Gasteiger partial charge in [-0.25, -0.2) is 4.98 Å². The fraction of sp³-hybridized carbons (Fsp3) is 0.312. The maximum absolute atomic E-state index is 9.14. The van der Waals surface area contributed by atoms with Gasteiger partial charge in [-0.1, -0.05) is 23.7 Å². The van der Waals surface area contributed by atoms with E-state index < -0.39 is 0 Å². The molecule has 0 fully saturated rings. The minimum absolute atomic E-state index is 0.0156. The van der Waals surface area contributed by atoms with E-state index in [0.717, 1.165) is 27.5 Å². The Morgan fingerprint density at radius 1 is 1.35 bits per heavy atom. The van der Waals surface area contributed by atoms with Crippen LogP contribution in [0.2, 0.25) is 5.02 Å². The second-order valence-corrected chi connectivity index (χ2v) is 5.42. The number of aromatic nitrogens is 1. The predicted molar refractivity (Wildman–Crippen MR) is 83.2 cm³/mol. The van der Waals surface area contributed by atoms with Gasteiger partial charge in [0.05, 0.1) is 12.6 Å². The van der Waals surface area contributed by atoms with E-state index >= 15 is 0 Å². The summed E-state index contributed by atoms with van der Waals surface area (Å²) in [6.45, 7) is 4.14. The zero-order chi connectivity index (χ0) is 14.7. The second kappa shape index (κ2) is 6.25. The molecule has 1 N–H and O–H groups in total. The van der Waals surface area contributed by atoms with Crippen LogP contribution < -0.4 is 4.90 Å². The Morgan fingerprint density at radius 2 is 2.10 bits per heavy atom. The maximum atomic E-state index is 9.14. The highest BCUT2D eigenvalue weighted by atomic mass is 35.5. The van der Waals surface area contributed by atoms with Crippen molar-refractivity contribution in [2.24, 2.45) is 0 Å². The first-order valence-corrected chi connectivity index (χ1v) is 6.95. The number of hydrogen-bond acceptors (Lipinski definition) is 3. The minimum atomic E-state index is 0.0156. The lowest BCUT2D eigenvalue weighted by Crippen LogP contribution is -2.23. The number of rotatable bonds is 4. The zero-order valence-electron chi connectivity index (χ0n) is 12.0. The largest absolute Gasteiger partial charge is 0.392 e. The van der Waals surface area contributed by atoms with Crippen molar-refractivity contribution in [2.75, 3.05) is 11.9 Å². The molecule has 1 atom stereocenters. The molecule has 1 heterocycles. The highest BCUT2D eigenvalue weighted by Crippen LogP contribution is 2.27. The third-order valence-corrected chi connectivity index (χ3v) is 3.77. The Bertz CT molecular complexity index is 601. The van der Waals surface area contributed by atoms with Crippen LogP contribution in [0.1, 0.15) is 29.7 Å². The van der Waals surface area contributed by atoms with Gasteiger partial charge in [0.25, 0.3) is 0 Å². The molecule has 20 heavy (non-hydrogen) atoms. The van der Waals surface area contributed by atoms with Gasteiger partial charge < -0.3 is 10.0 Å². The van der Waals surface area contributed by atoms with Crippen molar-refractivity contribution >= 4 is 17.4 Å². The van der Waals surface area contributed by atoms with E-state index in [9.17, 15) is 0 Å². The van der Waals surface area contributed by atoms with Crippen molar-refractivity contribution in [1.29, 1.82) is 0 Å². The molecule has 0 aliphatic carbocycles. The molecule has 1 aromatic carbocycles. The molecule has 0 saturated heterocycles. The van der Waals surface area contributed by atoms with Crippen molar-refractivity contribution in [3.05, 3.63) is 58.2 Å². The van der Waals surface area contributed by atoms with Crippen LogP contribution in [0.25, 0.3) is 0 Å². The van der Waals surface area contributed by atoms with Crippen molar-refractivity contribution in [3.8, 4) is 0 Å². The second-order valence-electron chi connectivity index (χ2n) is 4.98. The summed E-state index contributed by atoms with van der Waals surface area (Å²) < 4.78 is 0. The molecular formula is C16H19ClN2O. The van der Waals surface area contributed by atoms with Crippen molar-refractivity contribution in [3.63, 3.8) is 0 Å². The standard InChI is InChI=1S/C16H19ClN2O/c1-11-7-13(10-20)9-18-16(11)19(3)12(2)14-5-4-6-15(17)8-14/h4-9,12,20H,10H2,1-3H3. The van der Waals surface area contributed by atoms with E-state index in [1.54, 1.807) is 6.20 Å². The van der Waals surface area contributed by atoms with E-state index in [-0.39, 0.29) is 12.6 Å². The molecule has 2 rings (SSSR count). The lowest BCUT2D eigenvalue weighted by atomic mass is 10.1. The first-order valence-electron chi connectivity index (χ1n) is 6.57. The Hall–Kier alpha value is -1.58. The van der Waals surface area contributed by atoms with Gasteiger partial charge in [0.15, 0.2) is 0 Å². The van der Waals surface area contributed by atoms with Crippen LogP contribution in [0.3, 0.4) is 0 Å². The molecule has 2 aromatic rings. The number of aliphatic hydroxyl groups is 1. The molecule has 1 unspecified atom stereocenters. The Labute approximate surface area is 124 Å². The van der Waals surface area contributed by atoms with Crippen LogP contribution in [0.15, 0.2) is 36.5 Å². The molecule has 0 radical (unpaired) electrons. The number of nitrogens with zero attached hydrogens (tertiary/aromatic N) is 2. The summed E-state index contributed by atoms with van der Waals surface area (Å²) in [5, 5.41) is 9.88. The van der Waals surface area contributed by atoms with Gasteiger partial charge in [0, 0.05) is 18.3 Å². The van der Waals surface area contributed by atoms with Gasteiger partial charge in [0.2, 0.25) is 0 Å². The van der Waals surface area contributed by atoms with Crippen molar-refractivity contribution < 1.29 is 5.11 Å². The summed E-state index contributed by atoms with van der Waals surface area (Å²) in [5.74, 6) is 0.912. The van der Waals surface area contributed by atoms with E-state index in [4.69, 9.17) is 16.7 Å². The summed E-state index contributed by atoms with van der Waals surface area (Å²) in [4.78, 5) is 6.56. The number of aryl methyl sites for hydroxylation is 1. The molecule has 0 bridgehead atoms. The predicted octanol–water partition coefficient (Wildman–Crippen LogP) is 3.73. The van der Waals surface area contributed by atoms with Gasteiger partial charge in [-0.15, -0.1) is 0 Å². The van der Waals surface area contributed by atoms with Crippen LogP contribution in [0.4, 0.5) is 5.82 Å². The van der Waals surface area contributed by atoms with Crippen molar-refractivity contribution in [2.45, 2.75) is 26.5 Å². The third kappa shape index (κ3) is 3.11. The quantitative estimate of drug-likeness (QED) is 0.932. The Morgan fingerprint density at radius 3 is 2.70 bits per heavy atom. The zero-order valence-corrected chi connectivity index (χ0v) is 12.7. The molecule has 1 aromatic heterocycles. The van der Waals surface area contributed by atoms with Gasteiger partial charge in [-0.2, -0.15) is 0 Å². The van der Waals surface area contributed by atoms with Crippen LogP contribution in [-0.2, 0) is 6.61 Å². The molecule has 106 valence electrons. The van der Waals surface area contributed by atoms with E-state index in [0.29, 0.717) is 0 Å². The van der Waals surface area contributed by atoms with Crippen LogP contribution in [0.5, 0.6) is 0 Å². The van der Waals surface area contributed by atoms with Crippen LogP contribution >= 0.6 is 11.6 Å². The number of benzene rings is 1. The number of aliphatic hydroxyl groups excluding tert-OH is 1. The average Bonchev–Trinajstić information content (AvgIpc) is 2.45. The average molecular weight is 291 g/mol. The van der Waals surface area contributed by atoms with Crippen molar-refractivity contribution in [1.82, 2.24) is 4.98 Å². The van der Waals surface area contributed by atoms with E-state index in [1.165, 1.54) is 0 Å². The summed E-state index contributed by atoms with van der Waals surface area (Å²) in [5.41, 5.74) is 3.02. The lowest BCUT2D eigenvalue weighted by molar-refractivity contribution is 0.281. The Balaban J connectivity index is 2.28. The molecule has 0 amide bonds. The number of halogens is 1.